The van der Waals surface area contributed by atoms with Gasteiger partial charge in [0.15, 0.2) is 0 Å². The summed E-state index contributed by atoms with van der Waals surface area (Å²) in [5.41, 5.74) is 1.81. The van der Waals surface area contributed by atoms with Gasteiger partial charge in [-0.15, -0.1) is 6.58 Å². The number of rotatable bonds is 7. The number of aliphatic imine (C=N–C) groups is 1. The number of allylic oxidation sites excluding steroid dienone is 1. The van der Waals surface area contributed by atoms with Crippen molar-refractivity contribution in [3.63, 3.8) is 0 Å². The van der Waals surface area contributed by atoms with Crippen LogP contribution in [0.3, 0.4) is 0 Å². The first-order valence-corrected chi connectivity index (χ1v) is 6.75. The van der Waals surface area contributed by atoms with Crippen molar-refractivity contribution in [2.75, 3.05) is 0 Å². The van der Waals surface area contributed by atoms with E-state index in [1.165, 1.54) is 18.7 Å². The van der Waals surface area contributed by atoms with Crippen molar-refractivity contribution in [3.8, 4) is 5.75 Å². The lowest BCUT2D eigenvalue weighted by Crippen LogP contribution is -2.36. The Morgan fingerprint density at radius 1 is 1.55 bits per heavy atom. The molecular formula is C16H16N3O3-. The van der Waals surface area contributed by atoms with Crippen LogP contribution in [0.25, 0.3) is 0 Å². The minimum Gasteiger partial charge on any atom is -0.548 e. The molecule has 2 N–H and O–H groups in total. The Morgan fingerprint density at radius 2 is 2.36 bits per heavy atom. The number of H-pyrrole nitrogens is 1. The number of aromatic amines is 1. The van der Waals surface area contributed by atoms with Crippen molar-refractivity contribution in [2.24, 2.45) is 4.99 Å². The Labute approximate surface area is 127 Å². The number of carbonyl (C=O) groups is 1. The van der Waals surface area contributed by atoms with Crippen LogP contribution in [0.2, 0.25) is 0 Å². The highest BCUT2D eigenvalue weighted by atomic mass is 16.4. The molecule has 0 aliphatic carbocycles. The molecule has 6 heteroatoms. The van der Waals surface area contributed by atoms with E-state index in [1.807, 2.05) is 0 Å². The summed E-state index contributed by atoms with van der Waals surface area (Å²) in [5.74, 6) is -1.21. The van der Waals surface area contributed by atoms with Crippen molar-refractivity contribution in [3.05, 3.63) is 60.2 Å². The normalized spacial score (nSPS) is 12.4. The van der Waals surface area contributed by atoms with E-state index in [-0.39, 0.29) is 12.2 Å². The fourth-order valence-corrected chi connectivity index (χ4v) is 2.01. The summed E-state index contributed by atoms with van der Waals surface area (Å²) in [4.78, 5) is 21.8. The predicted octanol–water partition coefficient (Wildman–Crippen LogP) is 0.624. The standard InChI is InChI=1S/C16H17N3O3/c1-2-4-11-5-3-6-12(15(11)20)8-18-14(16(21)22)7-13-9-17-10-19-13/h2-3,5-6,8-10,14,20H,1,4,7H2,(H,17,19)(H,21,22)/p-1/t14-/m0/s1. The third-order valence-corrected chi connectivity index (χ3v) is 3.15. The van der Waals surface area contributed by atoms with Crippen LogP contribution in [0.5, 0.6) is 5.75 Å². The summed E-state index contributed by atoms with van der Waals surface area (Å²) in [6.45, 7) is 3.63. The van der Waals surface area contributed by atoms with Crippen molar-refractivity contribution >= 4 is 12.2 Å². The Hall–Kier alpha value is -2.89. The van der Waals surface area contributed by atoms with E-state index in [0.29, 0.717) is 23.2 Å². The smallest absolute Gasteiger partial charge is 0.127 e. The number of para-hydroxylation sites is 1. The number of hydrogen-bond donors (Lipinski definition) is 2. The maximum atomic E-state index is 11.2. The molecule has 0 fully saturated rings. The predicted molar refractivity (Wildman–Crippen MR) is 80.7 cm³/mol. The lowest BCUT2D eigenvalue weighted by atomic mass is 10.1. The first kappa shape index (κ1) is 15.5. The van der Waals surface area contributed by atoms with Crippen LogP contribution in [0.4, 0.5) is 0 Å². The molecule has 0 aliphatic rings. The maximum absolute atomic E-state index is 11.2. The number of carbonyl (C=O) groups excluding carboxylic acids is 1. The molecule has 0 saturated carbocycles. The summed E-state index contributed by atoms with van der Waals surface area (Å²) < 4.78 is 0. The first-order valence-electron chi connectivity index (χ1n) is 6.75. The number of carboxylic acid groups (broad SMARTS) is 1. The number of benzene rings is 1. The van der Waals surface area contributed by atoms with Gasteiger partial charge in [0.1, 0.15) is 5.75 Å². The Bertz CT molecular complexity index is 678. The van der Waals surface area contributed by atoms with Gasteiger partial charge in [-0.25, -0.2) is 4.98 Å². The molecule has 0 radical (unpaired) electrons. The number of nitrogens with one attached hydrogen (secondary N) is 1. The van der Waals surface area contributed by atoms with Gasteiger partial charge in [0.05, 0.1) is 18.3 Å². The number of aromatic nitrogens is 2. The van der Waals surface area contributed by atoms with Crippen LogP contribution in [0.1, 0.15) is 16.8 Å². The Morgan fingerprint density at radius 3 is 3.00 bits per heavy atom. The largest absolute Gasteiger partial charge is 0.548 e. The summed E-state index contributed by atoms with van der Waals surface area (Å²) in [7, 11) is 0. The fraction of sp³-hybridized carbons (Fsp3) is 0.188. The molecule has 1 atom stereocenters. The van der Waals surface area contributed by atoms with Crippen molar-refractivity contribution in [1.29, 1.82) is 0 Å². The molecule has 22 heavy (non-hydrogen) atoms. The third-order valence-electron chi connectivity index (χ3n) is 3.15. The SMILES string of the molecule is C=CCc1cccc(C=N[C@@H](Cc2cnc[nH]2)C(=O)[O-])c1O. The van der Waals surface area contributed by atoms with Crippen LogP contribution in [-0.4, -0.2) is 33.3 Å². The minimum absolute atomic E-state index is 0.0739. The molecule has 0 bridgehead atoms. The lowest BCUT2D eigenvalue weighted by molar-refractivity contribution is -0.307. The second kappa shape index (κ2) is 7.21. The monoisotopic (exact) mass is 298 g/mol. The van der Waals surface area contributed by atoms with E-state index in [2.05, 4.69) is 21.5 Å². The first-order chi connectivity index (χ1) is 10.6. The molecule has 0 unspecified atom stereocenters. The summed E-state index contributed by atoms with van der Waals surface area (Å²) in [5, 5.41) is 21.3. The minimum atomic E-state index is -1.28. The van der Waals surface area contributed by atoms with Gasteiger partial charge in [-0.2, -0.15) is 0 Å². The van der Waals surface area contributed by atoms with Crippen molar-refractivity contribution in [1.82, 2.24) is 9.97 Å². The van der Waals surface area contributed by atoms with Crippen LogP contribution >= 0.6 is 0 Å². The van der Waals surface area contributed by atoms with E-state index in [0.717, 1.165) is 0 Å². The molecular weight excluding hydrogens is 282 g/mol. The number of imidazole rings is 1. The second-order valence-corrected chi connectivity index (χ2v) is 4.74. The highest BCUT2D eigenvalue weighted by Gasteiger charge is 2.10. The molecule has 1 aromatic carbocycles. The van der Waals surface area contributed by atoms with Crippen LogP contribution < -0.4 is 5.11 Å². The number of carboxylic acids is 1. The highest BCUT2D eigenvalue weighted by Crippen LogP contribution is 2.21. The number of nitrogens with zero attached hydrogens (tertiary/aromatic N) is 2. The van der Waals surface area contributed by atoms with Crippen LogP contribution in [0, 0.1) is 0 Å². The molecule has 0 saturated heterocycles. The zero-order valence-corrected chi connectivity index (χ0v) is 11.9. The number of aliphatic carboxylic acids is 1. The van der Waals surface area contributed by atoms with Crippen molar-refractivity contribution in [2.45, 2.75) is 18.9 Å². The van der Waals surface area contributed by atoms with Gasteiger partial charge in [0.25, 0.3) is 0 Å². The number of aromatic hydroxyl groups is 1. The van der Waals surface area contributed by atoms with E-state index in [4.69, 9.17) is 0 Å². The highest BCUT2D eigenvalue weighted by molar-refractivity contribution is 5.86. The zero-order chi connectivity index (χ0) is 15.9. The molecule has 1 aromatic heterocycles. The molecule has 2 rings (SSSR count). The molecule has 0 aliphatic heterocycles. The molecule has 2 aromatic rings. The van der Waals surface area contributed by atoms with Gasteiger partial charge >= 0.3 is 0 Å². The van der Waals surface area contributed by atoms with Gasteiger partial charge in [0.2, 0.25) is 0 Å². The second-order valence-electron chi connectivity index (χ2n) is 4.74. The Balaban J connectivity index is 2.19. The molecule has 114 valence electrons. The number of phenols is 1. The number of hydrogen-bond acceptors (Lipinski definition) is 5. The quantitative estimate of drug-likeness (QED) is 0.578. The van der Waals surface area contributed by atoms with Gasteiger partial charge in [-0.3, -0.25) is 4.99 Å². The number of phenolic OH excluding ortho intramolecular Hbond substituents is 1. The van der Waals surface area contributed by atoms with E-state index in [9.17, 15) is 15.0 Å². The zero-order valence-electron chi connectivity index (χ0n) is 11.9. The van der Waals surface area contributed by atoms with Gasteiger partial charge in [-0.1, -0.05) is 18.2 Å². The van der Waals surface area contributed by atoms with E-state index < -0.39 is 12.0 Å². The summed E-state index contributed by atoms with van der Waals surface area (Å²) >= 11 is 0. The fourth-order valence-electron chi connectivity index (χ4n) is 2.01. The average molecular weight is 298 g/mol. The Kier molecular flexibility index (Phi) is 5.08. The van der Waals surface area contributed by atoms with Gasteiger partial charge in [-0.05, 0) is 18.1 Å². The van der Waals surface area contributed by atoms with Crippen molar-refractivity contribution < 1.29 is 15.0 Å². The van der Waals surface area contributed by atoms with Gasteiger partial charge in [0, 0.05) is 30.1 Å². The van der Waals surface area contributed by atoms with Crippen LogP contribution in [0.15, 0.2) is 48.4 Å². The molecule has 6 nitrogen and oxygen atoms in total. The molecule has 1 heterocycles. The van der Waals surface area contributed by atoms with E-state index in [1.54, 1.807) is 24.3 Å². The van der Waals surface area contributed by atoms with Gasteiger partial charge < -0.3 is 20.0 Å². The molecule has 0 amide bonds. The van der Waals surface area contributed by atoms with Crippen LogP contribution in [-0.2, 0) is 17.6 Å². The summed E-state index contributed by atoms with van der Waals surface area (Å²) in [6.07, 6.45) is 6.69. The lowest BCUT2D eigenvalue weighted by Gasteiger charge is -2.12. The molecule has 0 spiro atoms. The summed E-state index contributed by atoms with van der Waals surface area (Å²) in [6, 6.07) is 4.15. The third kappa shape index (κ3) is 3.82. The average Bonchev–Trinajstić information content (AvgIpc) is 2.99. The topological polar surface area (TPSA) is 101 Å². The maximum Gasteiger partial charge on any atom is 0.127 e. The van der Waals surface area contributed by atoms with E-state index >= 15 is 0 Å².